The maximum atomic E-state index is 12.8. The first-order valence-corrected chi connectivity index (χ1v) is 9.76. The number of rotatable bonds is 5. The van der Waals surface area contributed by atoms with Crippen LogP contribution < -0.4 is 4.90 Å². The Morgan fingerprint density at radius 3 is 1.96 bits per heavy atom. The van der Waals surface area contributed by atoms with Gasteiger partial charge in [-0.3, -0.25) is 10.1 Å². The molecule has 0 aliphatic carbocycles. The molecule has 0 spiro atoms. The lowest BCUT2D eigenvalue weighted by atomic mass is 10.2. The molecule has 0 unspecified atom stereocenters. The fourth-order valence-corrected chi connectivity index (χ4v) is 3.64. The Morgan fingerprint density at radius 2 is 1.43 bits per heavy atom. The minimum Gasteiger partial charge on any atom is -0.328 e. The van der Waals surface area contributed by atoms with Crippen LogP contribution in [0.25, 0.3) is 0 Å². The quantitative estimate of drug-likeness (QED) is 0.283. The van der Waals surface area contributed by atoms with Crippen LogP contribution in [0.5, 0.6) is 0 Å². The molecule has 3 aromatic carbocycles. The molecule has 142 valence electrons. The van der Waals surface area contributed by atoms with Gasteiger partial charge < -0.3 is 4.90 Å². The summed E-state index contributed by atoms with van der Waals surface area (Å²) in [5.41, 5.74) is 1.12. The van der Waals surface area contributed by atoms with Gasteiger partial charge in [0.1, 0.15) is 0 Å². The van der Waals surface area contributed by atoms with Gasteiger partial charge in [-0.15, -0.1) is 4.40 Å². The second-order valence-corrected chi connectivity index (χ2v) is 7.51. The van der Waals surface area contributed by atoms with E-state index in [1.165, 1.54) is 24.3 Å². The Labute approximate surface area is 162 Å². The summed E-state index contributed by atoms with van der Waals surface area (Å²) in [4.78, 5) is 12.0. The molecule has 8 heteroatoms. The van der Waals surface area contributed by atoms with Crippen molar-refractivity contribution in [3.63, 3.8) is 0 Å². The number of amidine groups is 1. The van der Waals surface area contributed by atoms with Crippen LogP contribution in [0.15, 0.2) is 94.2 Å². The van der Waals surface area contributed by atoms with Crippen LogP contribution in [0, 0.1) is 10.1 Å². The Bertz CT molecular complexity index is 1100. The molecule has 3 rings (SSSR count). The van der Waals surface area contributed by atoms with Crippen molar-refractivity contribution in [2.75, 3.05) is 11.9 Å². The van der Waals surface area contributed by atoms with Crippen LogP contribution in [-0.4, -0.2) is 26.2 Å². The van der Waals surface area contributed by atoms with Gasteiger partial charge in [-0.05, 0) is 24.3 Å². The van der Waals surface area contributed by atoms with Crippen molar-refractivity contribution in [1.82, 2.24) is 0 Å². The standard InChI is InChI=1S/C20H17N3O4S/c1-22(17-12-14-18(15-13-17)23(24)25)20(16-8-4-2-5-9-16)21-28(26,27)19-10-6-3-7-11-19/h2-15H,1H3/b21-20-. The summed E-state index contributed by atoms with van der Waals surface area (Å²) in [5.74, 6) is 0.207. The Hall–Kier alpha value is -3.52. The lowest BCUT2D eigenvalue weighted by molar-refractivity contribution is -0.384. The number of nitro benzene ring substituents is 1. The maximum Gasteiger partial charge on any atom is 0.284 e. The van der Waals surface area contributed by atoms with Crippen molar-refractivity contribution in [3.05, 3.63) is 101 Å². The van der Waals surface area contributed by atoms with E-state index in [4.69, 9.17) is 0 Å². The smallest absolute Gasteiger partial charge is 0.284 e. The van der Waals surface area contributed by atoms with Crippen LogP contribution in [0.3, 0.4) is 0 Å². The van der Waals surface area contributed by atoms with Crippen LogP contribution in [-0.2, 0) is 10.0 Å². The summed E-state index contributed by atoms with van der Waals surface area (Å²) < 4.78 is 29.6. The summed E-state index contributed by atoms with van der Waals surface area (Å²) in [7, 11) is -2.28. The average Bonchev–Trinajstić information content (AvgIpc) is 2.73. The topological polar surface area (TPSA) is 92.9 Å². The number of benzene rings is 3. The number of hydrogen-bond acceptors (Lipinski definition) is 4. The maximum absolute atomic E-state index is 12.8. The fraction of sp³-hybridized carbons (Fsp3) is 0.0500. The third-order valence-electron chi connectivity index (χ3n) is 4.05. The molecule has 0 N–H and O–H groups in total. The molecule has 28 heavy (non-hydrogen) atoms. The lowest BCUT2D eigenvalue weighted by Crippen LogP contribution is -2.28. The highest BCUT2D eigenvalue weighted by atomic mass is 32.2. The molecule has 0 atom stereocenters. The van der Waals surface area contributed by atoms with Gasteiger partial charge in [0.2, 0.25) is 0 Å². The van der Waals surface area contributed by atoms with Gasteiger partial charge in [-0.1, -0.05) is 48.5 Å². The van der Waals surface area contributed by atoms with E-state index >= 15 is 0 Å². The Kier molecular flexibility index (Phi) is 5.51. The minimum atomic E-state index is -3.94. The summed E-state index contributed by atoms with van der Waals surface area (Å²) >= 11 is 0. The Morgan fingerprint density at radius 1 is 0.893 bits per heavy atom. The van der Waals surface area contributed by atoms with Crippen molar-refractivity contribution >= 4 is 27.2 Å². The third-order valence-corrected chi connectivity index (χ3v) is 5.33. The molecule has 0 heterocycles. The zero-order chi connectivity index (χ0) is 20.1. The van der Waals surface area contributed by atoms with E-state index in [2.05, 4.69) is 4.40 Å². The van der Waals surface area contributed by atoms with Crippen molar-refractivity contribution in [1.29, 1.82) is 0 Å². The molecule has 0 saturated carbocycles. The summed E-state index contributed by atoms with van der Waals surface area (Å²) in [6.45, 7) is 0. The largest absolute Gasteiger partial charge is 0.328 e. The molecule has 0 saturated heterocycles. The molecular weight excluding hydrogens is 378 g/mol. The predicted octanol–water partition coefficient (Wildman–Crippen LogP) is 3.87. The second kappa shape index (κ2) is 8.01. The first-order chi connectivity index (χ1) is 13.4. The van der Waals surface area contributed by atoms with Crippen LogP contribution in [0.4, 0.5) is 11.4 Å². The zero-order valence-corrected chi connectivity index (χ0v) is 15.8. The van der Waals surface area contributed by atoms with Crippen molar-refractivity contribution in [2.24, 2.45) is 4.40 Å². The number of anilines is 1. The molecular formula is C20H17N3O4S. The molecule has 3 aromatic rings. The highest BCUT2D eigenvalue weighted by Crippen LogP contribution is 2.22. The normalized spacial score (nSPS) is 11.8. The van der Waals surface area contributed by atoms with Crippen molar-refractivity contribution in [2.45, 2.75) is 4.90 Å². The van der Waals surface area contributed by atoms with Gasteiger partial charge in [-0.25, -0.2) is 0 Å². The van der Waals surface area contributed by atoms with Gasteiger partial charge in [-0.2, -0.15) is 8.42 Å². The van der Waals surface area contributed by atoms with Gasteiger partial charge in [0.25, 0.3) is 15.7 Å². The summed E-state index contributed by atoms with van der Waals surface area (Å²) in [6.07, 6.45) is 0. The number of nitro groups is 1. The van der Waals surface area contributed by atoms with E-state index in [0.29, 0.717) is 11.3 Å². The highest BCUT2D eigenvalue weighted by Gasteiger charge is 2.19. The number of nitrogens with zero attached hydrogens (tertiary/aromatic N) is 3. The number of hydrogen-bond donors (Lipinski definition) is 0. The summed E-state index contributed by atoms with van der Waals surface area (Å²) in [6, 6.07) is 22.6. The monoisotopic (exact) mass is 395 g/mol. The molecule has 0 aliphatic rings. The number of sulfonamides is 1. The van der Waals surface area contributed by atoms with Crippen molar-refractivity contribution < 1.29 is 13.3 Å². The second-order valence-electron chi connectivity index (χ2n) is 5.90. The average molecular weight is 395 g/mol. The molecule has 7 nitrogen and oxygen atoms in total. The van der Waals surface area contributed by atoms with E-state index in [0.717, 1.165) is 0 Å². The van der Waals surface area contributed by atoms with Crippen LogP contribution in [0.2, 0.25) is 0 Å². The van der Waals surface area contributed by atoms with Gasteiger partial charge in [0.15, 0.2) is 5.84 Å². The van der Waals surface area contributed by atoms with Crippen molar-refractivity contribution in [3.8, 4) is 0 Å². The fourth-order valence-electron chi connectivity index (χ4n) is 2.57. The molecule has 0 fully saturated rings. The van der Waals surface area contributed by atoms with Crippen LogP contribution >= 0.6 is 0 Å². The molecule has 0 bridgehead atoms. The molecule has 0 amide bonds. The molecule has 0 radical (unpaired) electrons. The SMILES string of the molecule is CN(/C(=N\S(=O)(=O)c1ccccc1)c1ccccc1)c1ccc([N+](=O)[O-])cc1. The first-order valence-electron chi connectivity index (χ1n) is 8.32. The third kappa shape index (κ3) is 4.24. The number of non-ortho nitro benzene ring substituents is 1. The molecule has 0 aliphatic heterocycles. The van der Waals surface area contributed by atoms with E-state index in [1.807, 2.05) is 6.07 Å². The van der Waals surface area contributed by atoms with E-state index in [9.17, 15) is 18.5 Å². The lowest BCUT2D eigenvalue weighted by Gasteiger charge is -2.21. The van der Waals surface area contributed by atoms with Gasteiger partial charge in [0, 0.05) is 30.4 Å². The van der Waals surface area contributed by atoms with Crippen LogP contribution in [0.1, 0.15) is 5.56 Å². The minimum absolute atomic E-state index is 0.0488. The van der Waals surface area contributed by atoms with E-state index in [-0.39, 0.29) is 16.4 Å². The van der Waals surface area contributed by atoms with Gasteiger partial charge in [0.05, 0.1) is 9.82 Å². The Balaban J connectivity index is 2.09. The molecule has 0 aromatic heterocycles. The van der Waals surface area contributed by atoms with E-state index < -0.39 is 14.9 Å². The first kappa shape index (κ1) is 19.2. The highest BCUT2D eigenvalue weighted by molar-refractivity contribution is 7.90. The van der Waals surface area contributed by atoms with E-state index in [1.54, 1.807) is 66.5 Å². The predicted molar refractivity (Wildman–Crippen MR) is 108 cm³/mol. The summed E-state index contributed by atoms with van der Waals surface area (Å²) in [5, 5.41) is 10.9. The zero-order valence-electron chi connectivity index (χ0n) is 15.0. The van der Waals surface area contributed by atoms with Gasteiger partial charge >= 0.3 is 0 Å².